The third-order valence-electron chi connectivity index (χ3n) is 11.0. The maximum Gasteiger partial charge on any atom is 0.306 e. The van der Waals surface area contributed by atoms with Gasteiger partial charge >= 0.3 is 5.97 Å². The molecule has 0 rings (SSSR count). The van der Waals surface area contributed by atoms with Gasteiger partial charge in [0.05, 0.1) is 13.2 Å². The normalized spacial score (nSPS) is 12.9. The molecule has 0 aromatic carbocycles. The van der Waals surface area contributed by atoms with E-state index in [1.807, 2.05) is 0 Å². The first-order chi connectivity index (χ1) is 29.2. The first-order valence-electron chi connectivity index (χ1n) is 25.5. The molecule has 4 heteroatoms. The van der Waals surface area contributed by atoms with Crippen LogP contribution in [0.1, 0.15) is 245 Å². The number of esters is 1. The molecule has 0 aromatic rings. The van der Waals surface area contributed by atoms with Crippen molar-refractivity contribution in [2.24, 2.45) is 0 Å². The van der Waals surface area contributed by atoms with Crippen molar-refractivity contribution in [3.8, 4) is 0 Å². The van der Waals surface area contributed by atoms with Crippen LogP contribution in [-0.2, 0) is 14.3 Å². The molecule has 0 aromatic heterocycles. The van der Waals surface area contributed by atoms with Crippen LogP contribution in [0.5, 0.6) is 0 Å². The maximum absolute atomic E-state index is 12.3. The van der Waals surface area contributed by atoms with Crippen LogP contribution in [0.2, 0.25) is 0 Å². The highest BCUT2D eigenvalue weighted by Crippen LogP contribution is 2.15. The van der Waals surface area contributed by atoms with E-state index in [0.717, 1.165) is 51.4 Å². The molecule has 0 amide bonds. The lowest BCUT2D eigenvalue weighted by molar-refractivity contribution is -0.154. The van der Waals surface area contributed by atoms with Crippen LogP contribution in [0.15, 0.2) is 72.9 Å². The second kappa shape index (κ2) is 52.0. The second-order valence-corrected chi connectivity index (χ2v) is 16.9. The van der Waals surface area contributed by atoms with Crippen molar-refractivity contribution in [3.05, 3.63) is 72.9 Å². The highest BCUT2D eigenvalue weighted by molar-refractivity contribution is 5.69. The molecule has 0 heterocycles. The average Bonchev–Trinajstić information content (AvgIpc) is 3.24. The lowest BCUT2D eigenvalue weighted by Crippen LogP contribution is -2.27. The molecule has 0 radical (unpaired) electrons. The van der Waals surface area contributed by atoms with Crippen molar-refractivity contribution < 1.29 is 19.4 Å². The number of unbranched alkanes of at least 4 members (excludes halogenated alkanes) is 27. The third-order valence-corrected chi connectivity index (χ3v) is 11.0. The minimum Gasteiger partial charge on any atom is -0.457 e. The molecular formula is C55H98O4. The molecule has 0 fully saturated rings. The van der Waals surface area contributed by atoms with E-state index < -0.39 is 6.10 Å². The SMILES string of the molecule is CC/C=C\C/C=C\C/C=C\C/C=C\C/C=C\CCCCCCCCCCCC(=O)OC(CO)COCCCCCCCCCCCC/C=C\CCCCCCCCCC. The molecule has 1 unspecified atom stereocenters. The molecule has 0 bridgehead atoms. The quantitative estimate of drug-likeness (QED) is 0.0377. The summed E-state index contributed by atoms with van der Waals surface area (Å²) in [5.41, 5.74) is 0. The molecule has 0 aliphatic rings. The summed E-state index contributed by atoms with van der Waals surface area (Å²) in [5.74, 6) is -0.207. The Bertz CT molecular complexity index is 1000. The van der Waals surface area contributed by atoms with Crippen LogP contribution in [0.4, 0.5) is 0 Å². The Morgan fingerprint density at radius 2 is 0.763 bits per heavy atom. The lowest BCUT2D eigenvalue weighted by Gasteiger charge is -2.16. The zero-order chi connectivity index (χ0) is 42.6. The number of rotatable bonds is 47. The Labute approximate surface area is 367 Å². The van der Waals surface area contributed by atoms with Gasteiger partial charge in [0.15, 0.2) is 0 Å². The average molecular weight is 823 g/mol. The summed E-state index contributed by atoms with van der Waals surface area (Å²) >= 11 is 0. The molecule has 0 aliphatic carbocycles. The Hall–Kier alpha value is -2.17. The van der Waals surface area contributed by atoms with E-state index in [1.54, 1.807) is 0 Å². The molecular weight excluding hydrogens is 725 g/mol. The van der Waals surface area contributed by atoms with Gasteiger partial charge < -0.3 is 14.6 Å². The molecule has 0 saturated heterocycles. The summed E-state index contributed by atoms with van der Waals surface area (Å²) < 4.78 is 11.2. The molecule has 1 N–H and O–H groups in total. The van der Waals surface area contributed by atoms with Gasteiger partial charge in [0.25, 0.3) is 0 Å². The summed E-state index contributed by atoms with van der Waals surface area (Å²) in [4.78, 5) is 12.3. The van der Waals surface area contributed by atoms with E-state index in [4.69, 9.17) is 9.47 Å². The number of hydrogen-bond acceptors (Lipinski definition) is 4. The molecule has 0 saturated carbocycles. The zero-order valence-corrected chi connectivity index (χ0v) is 39.3. The van der Waals surface area contributed by atoms with E-state index in [9.17, 15) is 9.90 Å². The first kappa shape index (κ1) is 56.8. The van der Waals surface area contributed by atoms with Crippen molar-refractivity contribution in [1.29, 1.82) is 0 Å². The molecule has 0 aliphatic heterocycles. The zero-order valence-electron chi connectivity index (χ0n) is 39.3. The number of aliphatic hydroxyl groups is 1. The highest BCUT2D eigenvalue weighted by Gasteiger charge is 2.13. The Morgan fingerprint density at radius 3 is 1.17 bits per heavy atom. The number of ether oxygens (including phenoxy) is 2. The van der Waals surface area contributed by atoms with Crippen LogP contribution in [0.3, 0.4) is 0 Å². The number of carbonyl (C=O) groups is 1. The standard InChI is InChI=1S/C55H98O4/c1-3-5-7-9-11-13-15-17-19-21-23-25-27-28-29-30-32-34-36-38-40-42-44-46-48-50-55(57)59-54(52-56)53-58-51-49-47-45-43-41-39-37-35-33-31-26-24-22-20-18-16-14-12-10-8-6-4-2/h5,7,11,13,17,19,22-25,28-29,54,56H,3-4,6,8-10,12,14-16,18,20-21,26-27,30-53H2,1-2H3/b7-5-,13-11-,19-17-,24-22-,25-23-,29-28-. The molecule has 342 valence electrons. The van der Waals surface area contributed by atoms with Crippen LogP contribution in [-0.4, -0.2) is 37.0 Å². The van der Waals surface area contributed by atoms with Gasteiger partial charge in [-0.25, -0.2) is 0 Å². The van der Waals surface area contributed by atoms with E-state index in [0.29, 0.717) is 19.6 Å². The van der Waals surface area contributed by atoms with Gasteiger partial charge in [-0.15, -0.1) is 0 Å². The summed E-state index contributed by atoms with van der Waals surface area (Å²) in [5, 5.41) is 9.65. The van der Waals surface area contributed by atoms with Gasteiger partial charge in [0, 0.05) is 13.0 Å². The van der Waals surface area contributed by atoms with E-state index in [1.165, 1.54) is 173 Å². The van der Waals surface area contributed by atoms with Gasteiger partial charge in [-0.2, -0.15) is 0 Å². The first-order valence-corrected chi connectivity index (χ1v) is 25.5. The minimum absolute atomic E-state index is 0.176. The van der Waals surface area contributed by atoms with Crippen LogP contribution in [0.25, 0.3) is 0 Å². The van der Waals surface area contributed by atoms with Gasteiger partial charge in [-0.05, 0) is 83.5 Å². The fourth-order valence-corrected chi connectivity index (χ4v) is 7.23. The number of aliphatic hydroxyl groups excluding tert-OH is 1. The fourth-order valence-electron chi connectivity index (χ4n) is 7.23. The summed E-state index contributed by atoms with van der Waals surface area (Å²) in [6.45, 7) is 5.24. The topological polar surface area (TPSA) is 55.8 Å². The van der Waals surface area contributed by atoms with Crippen molar-refractivity contribution in [2.75, 3.05) is 19.8 Å². The minimum atomic E-state index is -0.542. The second-order valence-electron chi connectivity index (χ2n) is 16.9. The predicted octanol–water partition coefficient (Wildman–Crippen LogP) is 17.3. The fraction of sp³-hybridized carbons (Fsp3) is 0.764. The van der Waals surface area contributed by atoms with Crippen molar-refractivity contribution in [3.63, 3.8) is 0 Å². The lowest BCUT2D eigenvalue weighted by atomic mass is 10.1. The number of allylic oxidation sites excluding steroid dienone is 12. The monoisotopic (exact) mass is 823 g/mol. The summed E-state index contributed by atoms with van der Waals surface area (Å²) in [6.07, 6.45) is 71.3. The van der Waals surface area contributed by atoms with Crippen molar-refractivity contribution in [1.82, 2.24) is 0 Å². The van der Waals surface area contributed by atoms with Gasteiger partial charge in [0.1, 0.15) is 6.10 Å². The van der Waals surface area contributed by atoms with Gasteiger partial charge in [-0.1, -0.05) is 228 Å². The van der Waals surface area contributed by atoms with E-state index >= 15 is 0 Å². The van der Waals surface area contributed by atoms with Crippen LogP contribution in [0, 0.1) is 0 Å². The Morgan fingerprint density at radius 1 is 0.424 bits per heavy atom. The molecule has 4 nitrogen and oxygen atoms in total. The van der Waals surface area contributed by atoms with Gasteiger partial charge in [0.2, 0.25) is 0 Å². The third kappa shape index (κ3) is 50.1. The van der Waals surface area contributed by atoms with Gasteiger partial charge in [-0.3, -0.25) is 4.79 Å². The Balaban J connectivity index is 3.44. The number of hydrogen-bond donors (Lipinski definition) is 1. The molecule has 59 heavy (non-hydrogen) atoms. The molecule has 0 spiro atoms. The Kier molecular flexibility index (Phi) is 50.1. The maximum atomic E-state index is 12.3. The predicted molar refractivity (Wildman–Crippen MR) is 260 cm³/mol. The molecule has 1 atom stereocenters. The smallest absolute Gasteiger partial charge is 0.306 e. The largest absolute Gasteiger partial charge is 0.457 e. The number of carbonyl (C=O) groups excluding carboxylic acids is 1. The van der Waals surface area contributed by atoms with Crippen molar-refractivity contribution >= 4 is 5.97 Å². The highest BCUT2D eigenvalue weighted by atomic mass is 16.6. The van der Waals surface area contributed by atoms with E-state index in [-0.39, 0.29) is 12.6 Å². The van der Waals surface area contributed by atoms with E-state index in [2.05, 4.69) is 86.8 Å². The van der Waals surface area contributed by atoms with Crippen molar-refractivity contribution in [2.45, 2.75) is 251 Å². The van der Waals surface area contributed by atoms with Crippen LogP contribution >= 0.6 is 0 Å². The van der Waals surface area contributed by atoms with Crippen LogP contribution < -0.4 is 0 Å². The summed E-state index contributed by atoms with van der Waals surface area (Å²) in [6, 6.07) is 0. The summed E-state index contributed by atoms with van der Waals surface area (Å²) in [7, 11) is 0.